The van der Waals surface area contributed by atoms with E-state index in [4.69, 9.17) is 25.5 Å². The monoisotopic (exact) mass is 425 g/mol. The summed E-state index contributed by atoms with van der Waals surface area (Å²) in [5.74, 6) is 1.20. The molecule has 0 saturated heterocycles. The Morgan fingerprint density at radius 1 is 1.17 bits per heavy atom. The molecule has 1 amide bonds. The first-order valence-corrected chi connectivity index (χ1v) is 9.57. The van der Waals surface area contributed by atoms with Crippen LogP contribution >= 0.6 is 11.6 Å². The number of nitrogens with zero attached hydrogens (tertiary/aromatic N) is 3. The lowest BCUT2D eigenvalue weighted by Crippen LogP contribution is -2.30. The molecule has 0 bridgehead atoms. The van der Waals surface area contributed by atoms with Crippen molar-refractivity contribution in [3.05, 3.63) is 71.2 Å². The molecule has 2 heterocycles. The van der Waals surface area contributed by atoms with E-state index in [1.165, 1.54) is 0 Å². The second-order valence-electron chi connectivity index (χ2n) is 6.73. The molecule has 0 unspecified atom stereocenters. The highest BCUT2D eigenvalue weighted by molar-refractivity contribution is 6.31. The van der Waals surface area contributed by atoms with Crippen molar-refractivity contribution < 1.29 is 18.7 Å². The number of rotatable bonds is 6. The number of benzene rings is 2. The van der Waals surface area contributed by atoms with Crippen LogP contribution in [0.3, 0.4) is 0 Å². The van der Waals surface area contributed by atoms with Crippen molar-refractivity contribution in [1.29, 1.82) is 0 Å². The van der Waals surface area contributed by atoms with Crippen LogP contribution in [0.15, 0.2) is 59.3 Å². The highest BCUT2D eigenvalue weighted by Crippen LogP contribution is 2.30. The molecule has 2 aromatic heterocycles. The molecule has 0 aliphatic rings. The second kappa shape index (κ2) is 8.12. The molecule has 0 radical (unpaired) electrons. The van der Waals surface area contributed by atoms with Crippen molar-refractivity contribution in [2.24, 2.45) is 7.05 Å². The fourth-order valence-electron chi connectivity index (χ4n) is 3.23. The van der Waals surface area contributed by atoms with Gasteiger partial charge in [0.05, 0.1) is 32.6 Å². The van der Waals surface area contributed by atoms with Gasteiger partial charge in [-0.1, -0.05) is 11.6 Å². The Labute approximate surface area is 178 Å². The van der Waals surface area contributed by atoms with Crippen LogP contribution in [-0.2, 0) is 13.6 Å². The van der Waals surface area contributed by atoms with Crippen LogP contribution in [0.5, 0.6) is 11.5 Å². The van der Waals surface area contributed by atoms with Gasteiger partial charge in [0.25, 0.3) is 5.91 Å². The Morgan fingerprint density at radius 3 is 2.70 bits per heavy atom. The highest BCUT2D eigenvalue weighted by Gasteiger charge is 2.24. The Hall–Kier alpha value is -3.45. The Morgan fingerprint density at radius 2 is 2.00 bits per heavy atom. The molecule has 0 aliphatic heterocycles. The lowest BCUT2D eigenvalue weighted by atomic mass is 10.1. The van der Waals surface area contributed by atoms with Crippen LogP contribution in [0, 0.1) is 0 Å². The number of aryl methyl sites for hydroxylation is 1. The molecule has 4 rings (SSSR count). The average Bonchev–Trinajstić information content (AvgIpc) is 3.37. The zero-order chi connectivity index (χ0) is 21.3. The molecule has 0 atom stereocenters. The van der Waals surface area contributed by atoms with Gasteiger partial charge in [-0.25, -0.2) is 0 Å². The molecule has 0 fully saturated rings. The normalized spacial score (nSPS) is 10.9. The Kier molecular flexibility index (Phi) is 5.37. The van der Waals surface area contributed by atoms with Gasteiger partial charge in [-0.3, -0.25) is 14.4 Å². The summed E-state index contributed by atoms with van der Waals surface area (Å²) in [6, 6.07) is 12.4. The summed E-state index contributed by atoms with van der Waals surface area (Å²) in [4.78, 5) is 15.0. The molecular formula is C22H20ClN3O4. The molecule has 0 spiro atoms. The maximum atomic E-state index is 13.4. The van der Waals surface area contributed by atoms with Gasteiger partial charge in [0.15, 0.2) is 5.76 Å². The first-order valence-electron chi connectivity index (χ1n) is 9.19. The van der Waals surface area contributed by atoms with Gasteiger partial charge in [0.2, 0.25) is 0 Å². The van der Waals surface area contributed by atoms with Gasteiger partial charge in [-0.05, 0) is 36.4 Å². The van der Waals surface area contributed by atoms with Gasteiger partial charge >= 0.3 is 0 Å². The lowest BCUT2D eigenvalue weighted by Gasteiger charge is -2.21. The van der Waals surface area contributed by atoms with E-state index < -0.39 is 0 Å². The molecule has 7 nitrogen and oxygen atoms in total. The zero-order valence-electron chi connectivity index (χ0n) is 16.8. The number of furan rings is 1. The number of halogens is 1. The number of aromatic nitrogens is 2. The maximum Gasteiger partial charge on any atom is 0.294 e. The Bertz CT molecular complexity index is 1210. The number of hydrogen-bond donors (Lipinski definition) is 0. The minimum atomic E-state index is -0.298. The van der Waals surface area contributed by atoms with E-state index in [1.54, 1.807) is 73.6 Å². The van der Waals surface area contributed by atoms with Crippen molar-refractivity contribution in [1.82, 2.24) is 9.78 Å². The van der Waals surface area contributed by atoms with E-state index >= 15 is 0 Å². The molecular weight excluding hydrogens is 406 g/mol. The van der Waals surface area contributed by atoms with Crippen LogP contribution in [-0.4, -0.2) is 29.9 Å². The summed E-state index contributed by atoms with van der Waals surface area (Å²) >= 11 is 6.06. The minimum Gasteiger partial charge on any atom is -0.497 e. The van der Waals surface area contributed by atoms with Gasteiger partial charge in [-0.2, -0.15) is 5.10 Å². The first-order chi connectivity index (χ1) is 14.5. The fraction of sp³-hybridized carbons (Fsp3) is 0.182. The van der Waals surface area contributed by atoms with Crippen molar-refractivity contribution in [2.45, 2.75) is 6.54 Å². The maximum absolute atomic E-state index is 13.4. The predicted molar refractivity (Wildman–Crippen MR) is 114 cm³/mol. The van der Waals surface area contributed by atoms with Gasteiger partial charge in [-0.15, -0.1) is 0 Å². The van der Waals surface area contributed by atoms with Crippen LogP contribution in [0.1, 0.15) is 16.1 Å². The van der Waals surface area contributed by atoms with Gasteiger partial charge < -0.3 is 13.9 Å². The molecule has 4 aromatic rings. The third kappa shape index (κ3) is 3.84. The average molecular weight is 426 g/mol. The lowest BCUT2D eigenvalue weighted by molar-refractivity contribution is 0.0960. The van der Waals surface area contributed by atoms with Crippen LogP contribution in [0.4, 0.5) is 5.69 Å². The zero-order valence-corrected chi connectivity index (χ0v) is 17.5. The fourth-order valence-corrected chi connectivity index (χ4v) is 3.41. The van der Waals surface area contributed by atoms with E-state index in [0.29, 0.717) is 27.8 Å². The van der Waals surface area contributed by atoms with E-state index in [1.807, 2.05) is 12.1 Å². The SMILES string of the molecule is COc1ccc(CN(C(=O)c2cc3cc(Cl)ccc3o2)c2cnn(C)c2)c(OC)c1. The van der Waals surface area contributed by atoms with Crippen molar-refractivity contribution in [3.8, 4) is 11.5 Å². The molecule has 0 aliphatic carbocycles. The molecule has 154 valence electrons. The molecule has 2 aromatic carbocycles. The van der Waals surface area contributed by atoms with E-state index in [9.17, 15) is 4.79 Å². The summed E-state index contributed by atoms with van der Waals surface area (Å²) in [6.07, 6.45) is 3.40. The number of fused-ring (bicyclic) bond motifs is 1. The summed E-state index contributed by atoms with van der Waals surface area (Å²) in [5, 5.41) is 5.54. The second-order valence-corrected chi connectivity index (χ2v) is 7.17. The molecule has 8 heteroatoms. The summed E-state index contributed by atoms with van der Waals surface area (Å²) in [5.41, 5.74) is 2.05. The topological polar surface area (TPSA) is 69.7 Å². The van der Waals surface area contributed by atoms with Gasteiger partial charge in [0.1, 0.15) is 17.1 Å². The Balaban J connectivity index is 1.73. The van der Waals surface area contributed by atoms with E-state index in [2.05, 4.69) is 5.10 Å². The number of ether oxygens (including phenoxy) is 2. The largest absolute Gasteiger partial charge is 0.497 e. The summed E-state index contributed by atoms with van der Waals surface area (Å²) < 4.78 is 18.2. The highest BCUT2D eigenvalue weighted by atomic mass is 35.5. The number of amides is 1. The first kappa shape index (κ1) is 19.8. The number of carbonyl (C=O) groups excluding carboxylic acids is 1. The van der Waals surface area contributed by atoms with Crippen LogP contribution in [0.25, 0.3) is 11.0 Å². The summed E-state index contributed by atoms with van der Waals surface area (Å²) in [6.45, 7) is 0.259. The predicted octanol–water partition coefficient (Wildman–Crippen LogP) is 4.68. The standard InChI is InChI=1S/C22H20ClN3O4/c1-25-13-17(11-24-25)26(12-14-4-6-18(28-2)10-20(14)29-3)22(27)21-9-15-8-16(23)5-7-19(15)30-21/h4-11,13H,12H2,1-3H3. The molecule has 30 heavy (non-hydrogen) atoms. The van der Waals surface area contributed by atoms with Crippen molar-refractivity contribution >= 4 is 34.2 Å². The third-order valence-electron chi connectivity index (χ3n) is 4.76. The number of methoxy groups -OCH3 is 2. The van der Waals surface area contributed by atoms with E-state index in [0.717, 1.165) is 10.9 Å². The molecule has 0 saturated carbocycles. The molecule has 0 N–H and O–H groups in total. The third-order valence-corrected chi connectivity index (χ3v) is 5.00. The number of hydrogen-bond acceptors (Lipinski definition) is 5. The number of anilines is 1. The minimum absolute atomic E-state index is 0.212. The quantitative estimate of drug-likeness (QED) is 0.448. The van der Waals surface area contributed by atoms with Gasteiger partial charge in [0, 0.05) is 35.3 Å². The van der Waals surface area contributed by atoms with Crippen molar-refractivity contribution in [3.63, 3.8) is 0 Å². The summed E-state index contributed by atoms with van der Waals surface area (Å²) in [7, 11) is 4.97. The van der Waals surface area contributed by atoms with Crippen molar-refractivity contribution in [2.75, 3.05) is 19.1 Å². The smallest absolute Gasteiger partial charge is 0.294 e. The van der Waals surface area contributed by atoms with E-state index in [-0.39, 0.29) is 18.2 Å². The van der Waals surface area contributed by atoms with Crippen LogP contribution < -0.4 is 14.4 Å². The van der Waals surface area contributed by atoms with Crippen LogP contribution in [0.2, 0.25) is 5.02 Å². The number of carbonyl (C=O) groups is 1.